The molecule has 0 aliphatic rings. The first-order chi connectivity index (χ1) is 8.56. The third-order valence-corrected chi connectivity index (χ3v) is 2.43. The van der Waals surface area contributed by atoms with Gasteiger partial charge in [-0.05, 0) is 30.7 Å². The Morgan fingerprint density at radius 3 is 2.78 bits per heavy atom. The summed E-state index contributed by atoms with van der Waals surface area (Å²) >= 11 is 0. The van der Waals surface area contributed by atoms with Gasteiger partial charge in [-0.15, -0.1) is 0 Å². The SMILES string of the molecule is Cc1ccc(N)cc1C(=O)Nc1ccc(=O)[nH]n1. The predicted octanol–water partition coefficient (Wildman–Crippen LogP) is 0.913. The lowest BCUT2D eigenvalue weighted by atomic mass is 10.1. The van der Waals surface area contributed by atoms with Crippen LogP contribution in [0.4, 0.5) is 11.5 Å². The van der Waals surface area contributed by atoms with Crippen molar-refractivity contribution in [2.75, 3.05) is 11.1 Å². The van der Waals surface area contributed by atoms with E-state index in [1.54, 1.807) is 18.2 Å². The highest BCUT2D eigenvalue weighted by molar-refractivity contribution is 6.05. The van der Waals surface area contributed by atoms with Gasteiger partial charge in [0, 0.05) is 17.3 Å². The number of hydrogen-bond donors (Lipinski definition) is 3. The van der Waals surface area contributed by atoms with Gasteiger partial charge in [0.05, 0.1) is 0 Å². The van der Waals surface area contributed by atoms with Crippen LogP contribution in [0.2, 0.25) is 0 Å². The predicted molar refractivity (Wildman–Crippen MR) is 68.4 cm³/mol. The van der Waals surface area contributed by atoms with Crippen LogP contribution >= 0.6 is 0 Å². The number of benzene rings is 1. The van der Waals surface area contributed by atoms with Crippen LogP contribution < -0.4 is 16.6 Å². The van der Waals surface area contributed by atoms with Crippen LogP contribution in [0.15, 0.2) is 35.1 Å². The summed E-state index contributed by atoms with van der Waals surface area (Å²) in [6.07, 6.45) is 0. The molecule has 0 saturated heterocycles. The Balaban J connectivity index is 2.24. The Bertz CT molecular complexity index is 628. The molecule has 6 heteroatoms. The zero-order valence-electron chi connectivity index (χ0n) is 9.73. The maximum atomic E-state index is 12.0. The van der Waals surface area contributed by atoms with Gasteiger partial charge in [-0.3, -0.25) is 9.59 Å². The number of H-pyrrole nitrogens is 1. The second-order valence-electron chi connectivity index (χ2n) is 3.83. The van der Waals surface area contributed by atoms with Gasteiger partial charge in [-0.1, -0.05) is 6.07 Å². The first-order valence-corrected chi connectivity index (χ1v) is 5.29. The molecule has 92 valence electrons. The van der Waals surface area contributed by atoms with E-state index in [0.29, 0.717) is 11.3 Å². The number of carbonyl (C=O) groups is 1. The van der Waals surface area contributed by atoms with Crippen molar-refractivity contribution in [2.24, 2.45) is 0 Å². The minimum absolute atomic E-state index is 0.279. The van der Waals surface area contributed by atoms with Gasteiger partial charge in [0.2, 0.25) is 0 Å². The summed E-state index contributed by atoms with van der Waals surface area (Å²) in [5, 5.41) is 8.51. The number of aromatic nitrogens is 2. The number of nitrogens with one attached hydrogen (secondary N) is 2. The molecule has 0 spiro atoms. The Morgan fingerprint density at radius 1 is 1.33 bits per heavy atom. The number of aryl methyl sites for hydroxylation is 1. The van der Waals surface area contributed by atoms with E-state index in [1.165, 1.54) is 12.1 Å². The Kier molecular flexibility index (Phi) is 3.09. The Labute approximate surface area is 103 Å². The normalized spacial score (nSPS) is 10.1. The van der Waals surface area contributed by atoms with Gasteiger partial charge in [-0.2, -0.15) is 5.10 Å². The number of rotatable bonds is 2. The molecule has 0 atom stereocenters. The molecule has 1 aromatic carbocycles. The highest BCUT2D eigenvalue weighted by Gasteiger charge is 2.10. The lowest BCUT2D eigenvalue weighted by Crippen LogP contribution is -2.16. The van der Waals surface area contributed by atoms with Gasteiger partial charge >= 0.3 is 0 Å². The van der Waals surface area contributed by atoms with Crippen molar-refractivity contribution in [1.82, 2.24) is 10.2 Å². The second kappa shape index (κ2) is 4.70. The molecule has 2 rings (SSSR count). The van der Waals surface area contributed by atoms with Crippen LogP contribution in [-0.2, 0) is 0 Å². The van der Waals surface area contributed by atoms with Crippen molar-refractivity contribution in [3.8, 4) is 0 Å². The van der Waals surface area contributed by atoms with Gasteiger partial charge in [0.15, 0.2) is 5.82 Å². The average Bonchev–Trinajstić information content (AvgIpc) is 2.35. The third kappa shape index (κ3) is 2.54. The van der Waals surface area contributed by atoms with E-state index in [0.717, 1.165) is 5.56 Å². The summed E-state index contributed by atoms with van der Waals surface area (Å²) in [5.74, 6) is -0.0410. The molecule has 18 heavy (non-hydrogen) atoms. The largest absolute Gasteiger partial charge is 0.399 e. The van der Waals surface area contributed by atoms with E-state index in [2.05, 4.69) is 15.5 Å². The summed E-state index contributed by atoms with van der Waals surface area (Å²) in [4.78, 5) is 22.8. The number of anilines is 2. The van der Waals surface area contributed by atoms with Crippen molar-refractivity contribution in [3.63, 3.8) is 0 Å². The lowest BCUT2D eigenvalue weighted by Gasteiger charge is -2.07. The molecule has 0 unspecified atom stereocenters. The number of amides is 1. The van der Waals surface area contributed by atoms with E-state index >= 15 is 0 Å². The van der Waals surface area contributed by atoms with Crippen LogP contribution in [0, 0.1) is 6.92 Å². The molecular formula is C12H12N4O2. The zero-order valence-corrected chi connectivity index (χ0v) is 9.73. The fraction of sp³-hybridized carbons (Fsp3) is 0.0833. The number of aromatic amines is 1. The minimum Gasteiger partial charge on any atom is -0.399 e. The molecule has 0 saturated carbocycles. The molecule has 4 N–H and O–H groups in total. The number of nitrogens with two attached hydrogens (primary N) is 1. The van der Waals surface area contributed by atoms with Crippen LogP contribution in [-0.4, -0.2) is 16.1 Å². The van der Waals surface area contributed by atoms with Crippen LogP contribution in [0.3, 0.4) is 0 Å². The monoisotopic (exact) mass is 244 g/mol. The standard InChI is InChI=1S/C12H12N4O2/c1-7-2-3-8(13)6-9(7)12(18)14-10-4-5-11(17)16-15-10/h2-6H,13H2,1H3,(H,16,17)(H,14,15,18). The number of carbonyl (C=O) groups excluding carboxylic acids is 1. The van der Waals surface area contributed by atoms with E-state index in [-0.39, 0.29) is 17.3 Å². The topological polar surface area (TPSA) is 101 Å². The molecule has 0 fully saturated rings. The van der Waals surface area contributed by atoms with Crippen LogP contribution in [0.25, 0.3) is 0 Å². The maximum Gasteiger partial charge on any atom is 0.264 e. The van der Waals surface area contributed by atoms with Crippen molar-refractivity contribution in [3.05, 3.63) is 51.8 Å². The van der Waals surface area contributed by atoms with Crippen molar-refractivity contribution < 1.29 is 4.79 Å². The first kappa shape index (κ1) is 11.8. The van der Waals surface area contributed by atoms with Crippen molar-refractivity contribution in [1.29, 1.82) is 0 Å². The summed E-state index contributed by atoms with van der Waals surface area (Å²) in [5.41, 5.74) is 7.11. The molecule has 6 nitrogen and oxygen atoms in total. The average molecular weight is 244 g/mol. The zero-order chi connectivity index (χ0) is 13.1. The molecule has 0 radical (unpaired) electrons. The Morgan fingerprint density at radius 2 is 2.11 bits per heavy atom. The summed E-state index contributed by atoms with van der Waals surface area (Å²) < 4.78 is 0. The number of nitrogens with zero attached hydrogens (tertiary/aromatic N) is 1. The fourth-order valence-electron chi connectivity index (χ4n) is 1.48. The summed E-state index contributed by atoms with van der Waals surface area (Å²) in [6.45, 7) is 1.81. The van der Waals surface area contributed by atoms with Crippen LogP contribution in [0.1, 0.15) is 15.9 Å². The van der Waals surface area contributed by atoms with Crippen molar-refractivity contribution >= 4 is 17.4 Å². The number of nitrogen functional groups attached to an aromatic ring is 1. The molecule has 1 heterocycles. The van der Waals surface area contributed by atoms with Crippen molar-refractivity contribution in [2.45, 2.75) is 6.92 Å². The van der Waals surface area contributed by atoms with E-state index in [4.69, 9.17) is 5.73 Å². The Hall–Kier alpha value is -2.63. The molecule has 0 bridgehead atoms. The van der Waals surface area contributed by atoms with E-state index in [9.17, 15) is 9.59 Å². The third-order valence-electron chi connectivity index (χ3n) is 2.43. The molecule has 2 aromatic rings. The van der Waals surface area contributed by atoms with Gasteiger partial charge in [0.1, 0.15) is 0 Å². The highest BCUT2D eigenvalue weighted by Crippen LogP contribution is 2.14. The van der Waals surface area contributed by atoms with Gasteiger partial charge in [-0.25, -0.2) is 5.10 Å². The smallest absolute Gasteiger partial charge is 0.264 e. The molecular weight excluding hydrogens is 232 g/mol. The van der Waals surface area contributed by atoms with Gasteiger partial charge in [0.25, 0.3) is 11.5 Å². The quantitative estimate of drug-likeness (QED) is 0.683. The van der Waals surface area contributed by atoms with E-state index < -0.39 is 0 Å². The molecule has 1 amide bonds. The van der Waals surface area contributed by atoms with Crippen LogP contribution in [0.5, 0.6) is 0 Å². The first-order valence-electron chi connectivity index (χ1n) is 5.29. The highest BCUT2D eigenvalue weighted by atomic mass is 16.2. The molecule has 1 aromatic heterocycles. The van der Waals surface area contributed by atoms with E-state index in [1.807, 2.05) is 6.92 Å². The fourth-order valence-corrected chi connectivity index (χ4v) is 1.48. The molecule has 0 aliphatic carbocycles. The maximum absolute atomic E-state index is 12.0. The molecule has 0 aliphatic heterocycles. The minimum atomic E-state index is -0.326. The van der Waals surface area contributed by atoms with Gasteiger partial charge < -0.3 is 11.1 Å². The summed E-state index contributed by atoms with van der Waals surface area (Å²) in [7, 11) is 0. The number of hydrogen-bond acceptors (Lipinski definition) is 4. The lowest BCUT2D eigenvalue weighted by molar-refractivity contribution is 0.102. The second-order valence-corrected chi connectivity index (χ2v) is 3.83. The summed E-state index contributed by atoms with van der Waals surface area (Å²) in [6, 6.07) is 7.80.